The molecule has 3 rings (SSSR count). The zero-order valence-corrected chi connectivity index (χ0v) is 10.5. The number of nitrogens with zero attached hydrogens (tertiary/aromatic N) is 1. The van der Waals surface area contributed by atoms with E-state index >= 15 is 0 Å². The quantitative estimate of drug-likeness (QED) is 0.831. The molecule has 1 aromatic rings. The molecule has 0 bridgehead atoms. The van der Waals surface area contributed by atoms with Gasteiger partial charge < -0.3 is 15.3 Å². The first-order chi connectivity index (χ1) is 9.16. The molecule has 5 heteroatoms. The van der Waals surface area contributed by atoms with Crippen LogP contribution in [0.25, 0.3) is 0 Å². The fourth-order valence-electron chi connectivity index (χ4n) is 3.00. The third kappa shape index (κ3) is 2.10. The van der Waals surface area contributed by atoms with E-state index in [-0.39, 0.29) is 17.4 Å². The molecule has 2 N–H and O–H groups in total. The summed E-state index contributed by atoms with van der Waals surface area (Å²) in [7, 11) is 0. The SMILES string of the molecule is O=C(O)c1cccc(N2CC3CNCCC3C2=O)c1. The minimum atomic E-state index is -0.965. The molecule has 19 heavy (non-hydrogen) atoms. The third-order valence-corrected chi connectivity index (χ3v) is 4.01. The van der Waals surface area contributed by atoms with Gasteiger partial charge in [0.05, 0.1) is 5.56 Å². The van der Waals surface area contributed by atoms with E-state index in [4.69, 9.17) is 5.11 Å². The van der Waals surface area contributed by atoms with Crippen molar-refractivity contribution in [1.82, 2.24) is 5.32 Å². The second-order valence-corrected chi connectivity index (χ2v) is 5.16. The summed E-state index contributed by atoms with van der Waals surface area (Å²) in [5, 5.41) is 12.3. The topological polar surface area (TPSA) is 69.6 Å². The Kier molecular flexibility index (Phi) is 2.98. The van der Waals surface area contributed by atoms with Gasteiger partial charge in [-0.25, -0.2) is 4.79 Å². The summed E-state index contributed by atoms with van der Waals surface area (Å²) in [6.45, 7) is 2.43. The molecule has 0 aliphatic carbocycles. The van der Waals surface area contributed by atoms with Crippen LogP contribution < -0.4 is 10.2 Å². The van der Waals surface area contributed by atoms with Crippen molar-refractivity contribution < 1.29 is 14.7 Å². The molecule has 0 aromatic heterocycles. The molecule has 2 saturated heterocycles. The molecule has 0 spiro atoms. The molecule has 2 fully saturated rings. The van der Waals surface area contributed by atoms with Crippen molar-refractivity contribution >= 4 is 17.6 Å². The second kappa shape index (κ2) is 4.66. The first-order valence-corrected chi connectivity index (χ1v) is 6.52. The lowest BCUT2D eigenvalue weighted by atomic mass is 9.89. The average molecular weight is 260 g/mol. The maximum atomic E-state index is 12.4. The van der Waals surface area contributed by atoms with Gasteiger partial charge in [0, 0.05) is 30.6 Å². The van der Waals surface area contributed by atoms with Gasteiger partial charge in [-0.2, -0.15) is 0 Å². The maximum Gasteiger partial charge on any atom is 0.335 e. The summed E-state index contributed by atoms with van der Waals surface area (Å²) < 4.78 is 0. The number of aromatic carboxylic acids is 1. The molecule has 2 atom stereocenters. The Morgan fingerprint density at radius 2 is 2.26 bits per heavy atom. The standard InChI is InChI=1S/C14H16N2O3/c17-13-12-4-5-15-7-10(12)8-16(13)11-3-1-2-9(6-11)14(18)19/h1-3,6,10,12,15H,4-5,7-8H2,(H,18,19). The van der Waals surface area contributed by atoms with Crippen molar-refractivity contribution in [2.24, 2.45) is 11.8 Å². The molecule has 2 aliphatic rings. The lowest BCUT2D eigenvalue weighted by molar-refractivity contribution is -0.121. The number of anilines is 1. The van der Waals surface area contributed by atoms with Crippen molar-refractivity contribution in [2.45, 2.75) is 6.42 Å². The molecule has 2 heterocycles. The largest absolute Gasteiger partial charge is 0.478 e. The van der Waals surface area contributed by atoms with Gasteiger partial charge in [0.15, 0.2) is 0 Å². The number of fused-ring (bicyclic) bond motifs is 1. The van der Waals surface area contributed by atoms with E-state index in [9.17, 15) is 9.59 Å². The van der Waals surface area contributed by atoms with Crippen LogP contribution in [-0.4, -0.2) is 36.6 Å². The summed E-state index contributed by atoms with van der Waals surface area (Å²) in [5.41, 5.74) is 0.914. The van der Waals surface area contributed by atoms with Gasteiger partial charge in [0.2, 0.25) is 5.91 Å². The number of carboxylic acids is 1. The van der Waals surface area contributed by atoms with Crippen LogP contribution in [0.4, 0.5) is 5.69 Å². The number of hydrogen-bond acceptors (Lipinski definition) is 3. The second-order valence-electron chi connectivity index (χ2n) is 5.16. The number of carbonyl (C=O) groups is 2. The van der Waals surface area contributed by atoms with Gasteiger partial charge in [0.25, 0.3) is 0 Å². The summed E-state index contributed by atoms with van der Waals surface area (Å²) in [6, 6.07) is 6.60. The van der Waals surface area contributed by atoms with E-state index in [1.165, 1.54) is 0 Å². The average Bonchev–Trinajstić information content (AvgIpc) is 2.77. The fourth-order valence-corrected chi connectivity index (χ4v) is 3.00. The van der Waals surface area contributed by atoms with Gasteiger partial charge in [-0.05, 0) is 31.2 Å². The zero-order valence-electron chi connectivity index (χ0n) is 10.5. The Morgan fingerprint density at radius 3 is 3.00 bits per heavy atom. The highest BCUT2D eigenvalue weighted by Crippen LogP contribution is 2.33. The maximum absolute atomic E-state index is 12.4. The molecule has 1 aromatic carbocycles. The lowest BCUT2D eigenvalue weighted by Crippen LogP contribution is -2.36. The molecule has 5 nitrogen and oxygen atoms in total. The monoisotopic (exact) mass is 260 g/mol. The Hall–Kier alpha value is -1.88. The molecular weight excluding hydrogens is 244 g/mol. The minimum absolute atomic E-state index is 0.0923. The number of piperidine rings is 1. The van der Waals surface area contributed by atoms with Crippen molar-refractivity contribution in [3.8, 4) is 0 Å². The molecule has 2 aliphatic heterocycles. The highest BCUT2D eigenvalue weighted by atomic mass is 16.4. The van der Waals surface area contributed by atoms with Crippen molar-refractivity contribution in [3.63, 3.8) is 0 Å². The van der Waals surface area contributed by atoms with Gasteiger partial charge in [-0.1, -0.05) is 6.07 Å². The number of amides is 1. The number of rotatable bonds is 2. The summed E-state index contributed by atoms with van der Waals surface area (Å²) >= 11 is 0. The number of hydrogen-bond donors (Lipinski definition) is 2. The number of nitrogens with one attached hydrogen (secondary N) is 1. The Morgan fingerprint density at radius 1 is 1.42 bits per heavy atom. The Bertz CT molecular complexity index is 529. The predicted molar refractivity (Wildman–Crippen MR) is 70.2 cm³/mol. The Balaban J connectivity index is 1.88. The van der Waals surface area contributed by atoms with E-state index in [1.54, 1.807) is 29.2 Å². The van der Waals surface area contributed by atoms with Gasteiger partial charge >= 0.3 is 5.97 Å². The van der Waals surface area contributed by atoms with Crippen LogP contribution in [0, 0.1) is 11.8 Å². The molecule has 100 valence electrons. The van der Waals surface area contributed by atoms with Crippen molar-refractivity contribution in [3.05, 3.63) is 29.8 Å². The van der Waals surface area contributed by atoms with Crippen LogP contribution in [0.1, 0.15) is 16.8 Å². The Labute approximate surface area is 111 Å². The number of carboxylic acid groups (broad SMARTS) is 1. The normalized spacial score (nSPS) is 26.3. The lowest BCUT2D eigenvalue weighted by Gasteiger charge is -2.22. The van der Waals surface area contributed by atoms with E-state index in [0.717, 1.165) is 19.5 Å². The van der Waals surface area contributed by atoms with Crippen molar-refractivity contribution in [1.29, 1.82) is 0 Å². The van der Waals surface area contributed by atoms with E-state index < -0.39 is 5.97 Å². The summed E-state index contributed by atoms with van der Waals surface area (Å²) in [5.74, 6) is -0.397. The number of benzene rings is 1. The van der Waals surface area contributed by atoms with E-state index in [1.807, 2.05) is 0 Å². The molecule has 0 saturated carbocycles. The number of carbonyl (C=O) groups excluding carboxylic acids is 1. The molecule has 2 unspecified atom stereocenters. The highest BCUT2D eigenvalue weighted by molar-refractivity contribution is 5.99. The highest BCUT2D eigenvalue weighted by Gasteiger charge is 2.41. The van der Waals surface area contributed by atoms with Crippen LogP contribution >= 0.6 is 0 Å². The first-order valence-electron chi connectivity index (χ1n) is 6.52. The van der Waals surface area contributed by atoms with Crippen LogP contribution in [0.5, 0.6) is 0 Å². The minimum Gasteiger partial charge on any atom is -0.478 e. The van der Waals surface area contributed by atoms with E-state index in [2.05, 4.69) is 5.32 Å². The van der Waals surface area contributed by atoms with Gasteiger partial charge in [-0.3, -0.25) is 4.79 Å². The molecule has 0 radical (unpaired) electrons. The smallest absolute Gasteiger partial charge is 0.335 e. The van der Waals surface area contributed by atoms with Gasteiger partial charge in [-0.15, -0.1) is 0 Å². The van der Waals surface area contributed by atoms with Crippen LogP contribution in [0.3, 0.4) is 0 Å². The zero-order chi connectivity index (χ0) is 13.4. The third-order valence-electron chi connectivity index (χ3n) is 4.01. The molecular formula is C14H16N2O3. The summed E-state index contributed by atoms with van der Waals surface area (Å²) in [4.78, 5) is 25.1. The van der Waals surface area contributed by atoms with Crippen LogP contribution in [0.2, 0.25) is 0 Å². The summed E-state index contributed by atoms with van der Waals surface area (Å²) in [6.07, 6.45) is 0.874. The van der Waals surface area contributed by atoms with Gasteiger partial charge in [0.1, 0.15) is 0 Å². The fraction of sp³-hybridized carbons (Fsp3) is 0.429. The van der Waals surface area contributed by atoms with Crippen LogP contribution in [0.15, 0.2) is 24.3 Å². The van der Waals surface area contributed by atoms with Crippen LogP contribution in [-0.2, 0) is 4.79 Å². The van der Waals surface area contributed by atoms with E-state index in [0.29, 0.717) is 18.2 Å². The predicted octanol–water partition coefficient (Wildman–Crippen LogP) is 0.957. The van der Waals surface area contributed by atoms with Crippen molar-refractivity contribution in [2.75, 3.05) is 24.5 Å². The molecule has 1 amide bonds. The first kappa shape index (κ1) is 12.2.